The molecule has 0 aliphatic rings. The summed E-state index contributed by atoms with van der Waals surface area (Å²) in [5, 5.41) is 31.5. The molecule has 0 bridgehead atoms. The van der Waals surface area contributed by atoms with Crippen molar-refractivity contribution in [1.82, 2.24) is 0 Å². The van der Waals surface area contributed by atoms with Gasteiger partial charge in [-0.1, -0.05) is 49.1 Å². The molecule has 0 saturated heterocycles. The van der Waals surface area contributed by atoms with Crippen LogP contribution in [0.3, 0.4) is 0 Å². The topological polar surface area (TPSA) is 136 Å². The molecule has 2 aromatic carbocycles. The maximum absolute atomic E-state index is 11.7. The molecule has 0 unspecified atom stereocenters. The molecular formula is C15H17MoNO5-6. The molecular weight excluding hydrogens is 370 g/mol. The van der Waals surface area contributed by atoms with Crippen LogP contribution in [0.5, 0.6) is 5.75 Å². The Hall–Kier alpha value is -1.30. The second-order valence-electron chi connectivity index (χ2n) is 4.00. The van der Waals surface area contributed by atoms with Crippen LogP contribution in [-0.4, -0.2) is 31.1 Å². The van der Waals surface area contributed by atoms with Crippen molar-refractivity contribution < 1.29 is 47.3 Å². The van der Waals surface area contributed by atoms with Crippen molar-refractivity contribution in [2.24, 2.45) is 4.99 Å². The summed E-state index contributed by atoms with van der Waals surface area (Å²) in [7, 11) is 1.00. The van der Waals surface area contributed by atoms with Crippen LogP contribution in [0, 0.1) is 0 Å². The van der Waals surface area contributed by atoms with E-state index in [1.807, 2.05) is 24.3 Å². The van der Waals surface area contributed by atoms with Crippen LogP contribution in [0.15, 0.2) is 41.4 Å². The molecule has 0 spiro atoms. The molecule has 124 valence electrons. The fourth-order valence-corrected chi connectivity index (χ4v) is 1.70. The number of hydrogen-bond donors (Lipinski definition) is 1. The van der Waals surface area contributed by atoms with Gasteiger partial charge in [-0.2, -0.15) is 0 Å². The summed E-state index contributed by atoms with van der Waals surface area (Å²) in [5.41, 5.74) is 0.559. The van der Waals surface area contributed by atoms with Gasteiger partial charge in [0.2, 0.25) is 0 Å². The summed E-state index contributed by atoms with van der Waals surface area (Å²) in [6.07, 6.45) is 0.773. The normalized spacial score (nSPS) is 10.5. The van der Waals surface area contributed by atoms with Crippen molar-refractivity contribution in [1.29, 1.82) is 0 Å². The van der Waals surface area contributed by atoms with Crippen LogP contribution in [-0.2, 0) is 32.0 Å². The quantitative estimate of drug-likeness (QED) is 0.605. The van der Waals surface area contributed by atoms with Crippen molar-refractivity contribution in [3.8, 4) is 5.75 Å². The Morgan fingerprint density at radius 2 is 1.73 bits per heavy atom. The standard InChI is InChI=1S/C14H14NO2.CH4O.Mo.2O/c1-10(16)8-15-9-13-12-5-3-2-4-11(12)6-7-14(13)17;1-2;;;/h2-7,9-10,17H,8H2,1H3;2H,1H3;;;/q-1;;;2*-2/p-1/t10-;;;;/m0..../s1. The van der Waals surface area contributed by atoms with Crippen molar-refractivity contribution >= 4 is 17.0 Å². The molecule has 6 nitrogen and oxygen atoms in total. The van der Waals surface area contributed by atoms with Crippen LogP contribution in [0.25, 0.3) is 10.8 Å². The first kappa shape index (κ1) is 25.6. The third-order valence-electron chi connectivity index (χ3n) is 2.51. The van der Waals surface area contributed by atoms with Gasteiger partial charge < -0.3 is 26.3 Å². The first-order chi connectivity index (χ1) is 9.18. The first-order valence-electron chi connectivity index (χ1n) is 5.97. The Bertz CT molecular complexity index is 561. The molecule has 1 N–H and O–H groups in total. The molecule has 0 aliphatic carbocycles. The van der Waals surface area contributed by atoms with E-state index in [0.717, 1.165) is 17.9 Å². The second-order valence-corrected chi connectivity index (χ2v) is 4.00. The number of rotatable bonds is 3. The van der Waals surface area contributed by atoms with E-state index in [1.165, 1.54) is 12.3 Å². The molecule has 0 heterocycles. The van der Waals surface area contributed by atoms with Crippen LogP contribution in [0.1, 0.15) is 12.5 Å². The molecule has 0 aromatic heterocycles. The van der Waals surface area contributed by atoms with Gasteiger partial charge in [0.25, 0.3) is 0 Å². The van der Waals surface area contributed by atoms with Gasteiger partial charge in [0.15, 0.2) is 0 Å². The van der Waals surface area contributed by atoms with Gasteiger partial charge in [-0.15, -0.1) is 6.10 Å². The van der Waals surface area contributed by atoms with E-state index in [0.29, 0.717) is 5.56 Å². The molecule has 2 rings (SSSR count). The molecule has 0 aliphatic heterocycles. The van der Waals surface area contributed by atoms with E-state index in [2.05, 4.69) is 4.99 Å². The number of nitrogens with zero attached hydrogens (tertiary/aromatic N) is 1. The van der Waals surface area contributed by atoms with Crippen LogP contribution < -0.4 is 10.2 Å². The predicted molar refractivity (Wildman–Crippen MR) is 74.8 cm³/mol. The van der Waals surface area contributed by atoms with Gasteiger partial charge in [0, 0.05) is 40.9 Å². The van der Waals surface area contributed by atoms with Gasteiger partial charge in [-0.25, -0.2) is 0 Å². The zero-order valence-electron chi connectivity index (χ0n) is 12.3. The van der Waals surface area contributed by atoms with Gasteiger partial charge in [-0.05, 0) is 16.3 Å². The van der Waals surface area contributed by atoms with Gasteiger partial charge in [0.05, 0.1) is 0 Å². The minimum Gasteiger partial charge on any atom is -2.00 e. The van der Waals surface area contributed by atoms with Crippen molar-refractivity contribution in [3.63, 3.8) is 0 Å². The molecule has 2 aromatic rings. The third kappa shape index (κ3) is 7.11. The van der Waals surface area contributed by atoms with Crippen LogP contribution in [0.2, 0.25) is 0 Å². The Kier molecular flexibility index (Phi) is 15.6. The number of hydrogen-bond acceptors (Lipinski definition) is 4. The number of aliphatic hydroxyl groups excluding tert-OH is 1. The molecule has 1 atom stereocenters. The molecule has 0 amide bonds. The van der Waals surface area contributed by atoms with Crippen LogP contribution in [0.4, 0.5) is 0 Å². The first-order valence-corrected chi connectivity index (χ1v) is 5.97. The Morgan fingerprint density at radius 3 is 2.32 bits per heavy atom. The zero-order valence-corrected chi connectivity index (χ0v) is 14.3. The van der Waals surface area contributed by atoms with Crippen molar-refractivity contribution in [2.45, 2.75) is 13.0 Å². The largest absolute Gasteiger partial charge is 2.00 e. The van der Waals surface area contributed by atoms with E-state index in [1.54, 1.807) is 13.0 Å². The fraction of sp³-hybridized carbons (Fsp3) is 0.267. The van der Waals surface area contributed by atoms with Crippen molar-refractivity contribution in [2.75, 3.05) is 13.7 Å². The molecule has 22 heavy (non-hydrogen) atoms. The second kappa shape index (κ2) is 13.4. The van der Waals surface area contributed by atoms with Gasteiger partial charge >= 0.3 is 0 Å². The average Bonchev–Trinajstić information content (AvgIpc) is 2.43. The Labute approximate surface area is 144 Å². The summed E-state index contributed by atoms with van der Waals surface area (Å²) in [6.45, 7) is 1.75. The SMILES string of the molecule is CO.C[C@H]([O-])CN=Cc1c([O-])ccc2ccccc12.[Mo].[O-2].[O-2]. The minimum atomic E-state index is -0.740. The maximum atomic E-state index is 11.7. The van der Waals surface area contributed by atoms with Crippen LogP contribution >= 0.6 is 0 Å². The van der Waals surface area contributed by atoms with Crippen molar-refractivity contribution in [3.05, 3.63) is 42.0 Å². The smallest absolute Gasteiger partial charge is 0.0319 e. The number of aliphatic imine (C=N–C) groups is 1. The van der Waals surface area contributed by atoms with E-state index < -0.39 is 6.10 Å². The monoisotopic (exact) mass is 389 g/mol. The Morgan fingerprint density at radius 1 is 1.14 bits per heavy atom. The average molecular weight is 387 g/mol. The third-order valence-corrected chi connectivity index (χ3v) is 2.51. The zero-order chi connectivity index (χ0) is 14.3. The molecule has 0 fully saturated rings. The molecule has 0 saturated carbocycles. The molecule has 0 radical (unpaired) electrons. The van der Waals surface area contributed by atoms with E-state index in [9.17, 15) is 10.2 Å². The maximum Gasteiger partial charge on any atom is 0.0319 e. The fourth-order valence-electron chi connectivity index (χ4n) is 1.70. The summed E-state index contributed by atoms with van der Waals surface area (Å²) < 4.78 is 0. The van der Waals surface area contributed by atoms with E-state index in [4.69, 9.17) is 5.11 Å². The summed E-state index contributed by atoms with van der Waals surface area (Å²) in [4.78, 5) is 4.01. The number of fused-ring (bicyclic) bond motifs is 1. The minimum absolute atomic E-state index is 0. The summed E-state index contributed by atoms with van der Waals surface area (Å²) in [6, 6.07) is 11.0. The summed E-state index contributed by atoms with van der Waals surface area (Å²) in [5.74, 6) is -0.0639. The number of benzene rings is 2. The van der Waals surface area contributed by atoms with E-state index >= 15 is 0 Å². The summed E-state index contributed by atoms with van der Waals surface area (Å²) >= 11 is 0. The Balaban J connectivity index is -0.000000693. The van der Waals surface area contributed by atoms with E-state index in [-0.39, 0.29) is 44.3 Å². The van der Waals surface area contributed by atoms with Gasteiger partial charge in [-0.3, -0.25) is 4.99 Å². The predicted octanol–water partition coefficient (Wildman–Crippen LogP) is 0.449. The van der Waals surface area contributed by atoms with Gasteiger partial charge in [0.1, 0.15) is 0 Å². The number of aliphatic hydroxyl groups is 1. The molecule has 7 heteroatoms.